The number of hydrogen-bond acceptors (Lipinski definition) is 5. The number of ether oxygens (including phenoxy) is 3. The SMILES string of the molecule is COc1ccc(NC(=O)C2(c3ccc4c(c3)OCO4)CC2)cc1-c1ccccc1CN.[HH]. The molecule has 31 heavy (non-hydrogen) atoms. The lowest BCUT2D eigenvalue weighted by Gasteiger charge is -2.18. The molecule has 1 amide bonds. The minimum Gasteiger partial charge on any atom is -0.496 e. The van der Waals surface area contributed by atoms with E-state index in [1.165, 1.54) is 0 Å². The predicted octanol–water partition coefficient (Wildman–Crippen LogP) is 4.47. The fourth-order valence-electron chi connectivity index (χ4n) is 4.17. The Morgan fingerprint density at radius 1 is 1.06 bits per heavy atom. The normalized spacial score (nSPS) is 15.4. The van der Waals surface area contributed by atoms with Crippen molar-refractivity contribution in [2.45, 2.75) is 24.8 Å². The molecule has 0 spiro atoms. The quantitative estimate of drug-likeness (QED) is 0.617. The van der Waals surface area contributed by atoms with Gasteiger partial charge in [0.2, 0.25) is 12.7 Å². The summed E-state index contributed by atoms with van der Waals surface area (Å²) in [6, 6.07) is 19.4. The van der Waals surface area contributed by atoms with Gasteiger partial charge in [-0.1, -0.05) is 30.3 Å². The topological polar surface area (TPSA) is 82.8 Å². The highest BCUT2D eigenvalue weighted by molar-refractivity contribution is 6.02. The van der Waals surface area contributed by atoms with Crippen molar-refractivity contribution >= 4 is 11.6 Å². The number of carbonyl (C=O) groups is 1. The Labute approximate surface area is 182 Å². The van der Waals surface area contributed by atoms with Crippen LogP contribution in [0, 0.1) is 0 Å². The number of rotatable bonds is 6. The third kappa shape index (κ3) is 3.39. The minimum absolute atomic E-state index is 0. The van der Waals surface area contributed by atoms with E-state index in [9.17, 15) is 4.79 Å². The molecular formula is C25H26N2O4. The number of nitrogens with two attached hydrogens (primary N) is 1. The molecule has 0 bridgehead atoms. The number of benzene rings is 3. The van der Waals surface area contributed by atoms with Gasteiger partial charge in [-0.05, 0) is 59.9 Å². The maximum atomic E-state index is 13.3. The van der Waals surface area contributed by atoms with Crippen LogP contribution in [0.4, 0.5) is 5.69 Å². The summed E-state index contributed by atoms with van der Waals surface area (Å²) in [5.74, 6) is 2.13. The molecule has 1 aliphatic heterocycles. The first-order chi connectivity index (χ1) is 15.1. The third-order valence-electron chi connectivity index (χ3n) is 6.09. The standard InChI is InChI=1S/C25H24N2O4.H2/c1-29-21-9-7-18(13-20(21)19-5-3-2-4-16(19)14-26)27-24(28)25(10-11-25)17-6-8-22-23(12-17)31-15-30-22;/h2-9,12-13H,10-11,14-15,26H2,1H3,(H,27,28);1H. The molecule has 0 radical (unpaired) electrons. The van der Waals surface area contributed by atoms with Gasteiger partial charge in [0.1, 0.15) is 5.75 Å². The second-order valence-electron chi connectivity index (χ2n) is 7.88. The van der Waals surface area contributed by atoms with Crippen LogP contribution >= 0.6 is 0 Å². The Morgan fingerprint density at radius 2 is 1.87 bits per heavy atom. The van der Waals surface area contributed by atoms with Gasteiger partial charge in [0, 0.05) is 19.2 Å². The van der Waals surface area contributed by atoms with Gasteiger partial charge < -0.3 is 25.3 Å². The van der Waals surface area contributed by atoms with Gasteiger partial charge in [-0.25, -0.2) is 0 Å². The van der Waals surface area contributed by atoms with Crippen LogP contribution in [0.15, 0.2) is 60.7 Å². The maximum absolute atomic E-state index is 13.3. The summed E-state index contributed by atoms with van der Waals surface area (Å²) < 4.78 is 16.5. The largest absolute Gasteiger partial charge is 0.496 e. The van der Waals surface area contributed by atoms with Gasteiger partial charge in [-0.3, -0.25) is 4.79 Å². The monoisotopic (exact) mass is 418 g/mol. The van der Waals surface area contributed by atoms with E-state index in [2.05, 4.69) is 5.32 Å². The third-order valence-corrected chi connectivity index (χ3v) is 6.09. The molecule has 3 aromatic carbocycles. The van der Waals surface area contributed by atoms with Crippen molar-refractivity contribution in [3.63, 3.8) is 0 Å². The number of fused-ring (bicyclic) bond motifs is 1. The number of amides is 1. The van der Waals surface area contributed by atoms with Crippen molar-refractivity contribution in [3.8, 4) is 28.4 Å². The second-order valence-corrected chi connectivity index (χ2v) is 7.88. The average molecular weight is 418 g/mol. The molecule has 1 saturated carbocycles. The van der Waals surface area contributed by atoms with Crippen LogP contribution in [0.2, 0.25) is 0 Å². The van der Waals surface area contributed by atoms with E-state index in [1.807, 2.05) is 60.7 Å². The van der Waals surface area contributed by atoms with E-state index in [0.717, 1.165) is 52.3 Å². The van der Waals surface area contributed by atoms with E-state index < -0.39 is 5.41 Å². The Kier molecular flexibility index (Phi) is 4.79. The average Bonchev–Trinajstić information content (AvgIpc) is 3.50. The van der Waals surface area contributed by atoms with Crippen molar-refractivity contribution in [2.75, 3.05) is 19.2 Å². The fraction of sp³-hybridized carbons (Fsp3) is 0.240. The van der Waals surface area contributed by atoms with Crippen molar-refractivity contribution < 1.29 is 20.4 Å². The second kappa shape index (κ2) is 7.63. The predicted molar refractivity (Wildman–Crippen MR) is 121 cm³/mol. The first-order valence-electron chi connectivity index (χ1n) is 10.3. The highest BCUT2D eigenvalue weighted by Crippen LogP contribution is 2.51. The summed E-state index contributed by atoms with van der Waals surface area (Å²) in [4.78, 5) is 13.3. The van der Waals surface area contributed by atoms with Crippen molar-refractivity contribution in [2.24, 2.45) is 5.73 Å². The van der Waals surface area contributed by atoms with E-state index >= 15 is 0 Å². The molecule has 3 N–H and O–H groups in total. The Morgan fingerprint density at radius 3 is 2.65 bits per heavy atom. The summed E-state index contributed by atoms with van der Waals surface area (Å²) >= 11 is 0. The highest BCUT2D eigenvalue weighted by Gasteiger charge is 2.51. The Balaban J connectivity index is 0.00000245. The summed E-state index contributed by atoms with van der Waals surface area (Å²) in [6.45, 7) is 0.639. The summed E-state index contributed by atoms with van der Waals surface area (Å²) in [5, 5.41) is 3.11. The molecule has 6 nitrogen and oxygen atoms in total. The van der Waals surface area contributed by atoms with E-state index in [1.54, 1.807) is 7.11 Å². The zero-order valence-corrected chi connectivity index (χ0v) is 17.3. The molecule has 1 aliphatic carbocycles. The number of hydrogen-bond donors (Lipinski definition) is 2. The molecule has 5 rings (SSSR count). The number of anilines is 1. The van der Waals surface area contributed by atoms with E-state index in [-0.39, 0.29) is 14.1 Å². The lowest BCUT2D eigenvalue weighted by molar-refractivity contribution is -0.118. The molecular weight excluding hydrogens is 392 g/mol. The molecule has 0 atom stereocenters. The van der Waals surface area contributed by atoms with Crippen LogP contribution in [0.1, 0.15) is 25.4 Å². The first kappa shape index (κ1) is 19.5. The van der Waals surface area contributed by atoms with Gasteiger partial charge >= 0.3 is 0 Å². The molecule has 6 heteroatoms. The van der Waals surface area contributed by atoms with Crippen molar-refractivity contribution in [1.29, 1.82) is 0 Å². The van der Waals surface area contributed by atoms with Crippen LogP contribution in [0.25, 0.3) is 11.1 Å². The molecule has 0 saturated heterocycles. The first-order valence-corrected chi connectivity index (χ1v) is 10.3. The molecule has 3 aromatic rings. The van der Waals surface area contributed by atoms with Crippen molar-refractivity contribution in [1.82, 2.24) is 0 Å². The molecule has 2 aliphatic rings. The highest BCUT2D eigenvalue weighted by atomic mass is 16.7. The molecule has 1 heterocycles. The van der Waals surface area contributed by atoms with E-state index in [4.69, 9.17) is 19.9 Å². The molecule has 0 aromatic heterocycles. The van der Waals surface area contributed by atoms with Crippen LogP contribution in [-0.4, -0.2) is 19.8 Å². The number of nitrogens with one attached hydrogen (secondary N) is 1. The van der Waals surface area contributed by atoms with Gasteiger partial charge in [0.05, 0.1) is 12.5 Å². The zero-order valence-electron chi connectivity index (χ0n) is 17.3. The zero-order chi connectivity index (χ0) is 21.4. The van der Waals surface area contributed by atoms with Crippen LogP contribution < -0.4 is 25.3 Å². The number of methoxy groups -OCH3 is 1. The summed E-state index contributed by atoms with van der Waals surface area (Å²) in [6.07, 6.45) is 1.61. The molecule has 0 unspecified atom stereocenters. The smallest absolute Gasteiger partial charge is 0.235 e. The van der Waals surface area contributed by atoms with Crippen LogP contribution in [0.3, 0.4) is 0 Å². The summed E-state index contributed by atoms with van der Waals surface area (Å²) in [5.41, 5.74) is 9.99. The Bertz CT molecular complexity index is 1160. The summed E-state index contributed by atoms with van der Waals surface area (Å²) in [7, 11) is 1.64. The Hall–Kier alpha value is -3.51. The maximum Gasteiger partial charge on any atom is 0.235 e. The fourth-order valence-corrected chi connectivity index (χ4v) is 4.17. The lowest BCUT2D eigenvalue weighted by Crippen LogP contribution is -2.27. The van der Waals surface area contributed by atoms with E-state index in [0.29, 0.717) is 12.3 Å². The lowest BCUT2D eigenvalue weighted by atomic mass is 9.94. The number of carbonyl (C=O) groups excluding carboxylic acids is 1. The van der Waals surface area contributed by atoms with Gasteiger partial charge in [0.25, 0.3) is 0 Å². The molecule has 1 fully saturated rings. The van der Waals surface area contributed by atoms with Gasteiger partial charge in [-0.15, -0.1) is 0 Å². The van der Waals surface area contributed by atoms with Gasteiger partial charge in [-0.2, -0.15) is 0 Å². The minimum atomic E-state index is -0.532. The van der Waals surface area contributed by atoms with Gasteiger partial charge in [0.15, 0.2) is 11.5 Å². The van der Waals surface area contributed by atoms with Crippen LogP contribution in [-0.2, 0) is 16.8 Å². The molecule has 160 valence electrons. The van der Waals surface area contributed by atoms with Crippen molar-refractivity contribution in [3.05, 3.63) is 71.8 Å². The van der Waals surface area contributed by atoms with Crippen LogP contribution in [0.5, 0.6) is 17.2 Å².